The molecule has 0 unspecified atom stereocenters. The summed E-state index contributed by atoms with van der Waals surface area (Å²) in [6, 6.07) is 12.2. The van der Waals surface area contributed by atoms with Gasteiger partial charge in [0.25, 0.3) is 5.69 Å². The Hall–Kier alpha value is -3.75. The minimum atomic E-state index is -1.32. The molecule has 0 amide bonds. The fraction of sp³-hybridized carbons (Fsp3) is 0.375. The molecule has 0 saturated carbocycles. The van der Waals surface area contributed by atoms with E-state index in [9.17, 15) is 24.5 Å². The van der Waals surface area contributed by atoms with Crippen LogP contribution >= 0.6 is 0 Å². The summed E-state index contributed by atoms with van der Waals surface area (Å²) in [4.78, 5) is 48.8. The van der Waals surface area contributed by atoms with Crippen molar-refractivity contribution in [3.63, 3.8) is 0 Å². The second-order valence-electron chi connectivity index (χ2n) is 7.23. The summed E-state index contributed by atoms with van der Waals surface area (Å²) in [7, 11) is 1.51. The average Bonchev–Trinajstić information content (AvgIpc) is 2.80. The summed E-state index contributed by atoms with van der Waals surface area (Å²) in [5, 5.41) is 10.9. The lowest BCUT2D eigenvalue weighted by Crippen LogP contribution is -2.36. The van der Waals surface area contributed by atoms with Crippen molar-refractivity contribution in [3.8, 4) is 5.75 Å². The van der Waals surface area contributed by atoms with Gasteiger partial charge in [0.1, 0.15) is 5.75 Å². The summed E-state index contributed by atoms with van der Waals surface area (Å²) in [6.07, 6.45) is 0.00773. The van der Waals surface area contributed by atoms with E-state index in [0.717, 1.165) is 0 Å². The molecule has 33 heavy (non-hydrogen) atoms. The zero-order chi connectivity index (χ0) is 24.4. The highest BCUT2D eigenvalue weighted by Gasteiger charge is 2.38. The topological polar surface area (TPSA) is 122 Å². The standard InChI is InChI=1S/C24H27NO8/c1-4-32-23(27)22(24(28)33-5-2)18(14-16-6-10-19(11-7-16)25(29)30)15-21(26)17-8-12-20(31-3)13-9-17/h6-13,18,22H,4-5,14-15H2,1-3H3/t18-/m0/s1. The first-order valence-corrected chi connectivity index (χ1v) is 10.5. The van der Waals surface area contributed by atoms with Crippen LogP contribution in [-0.2, 0) is 25.5 Å². The Morgan fingerprint density at radius 1 is 0.909 bits per heavy atom. The maximum absolute atomic E-state index is 13.0. The van der Waals surface area contributed by atoms with Crippen molar-refractivity contribution in [2.75, 3.05) is 20.3 Å². The SMILES string of the molecule is CCOC(=O)C(C(=O)OCC)[C@H](CC(=O)c1ccc(OC)cc1)Cc1ccc([N+](=O)[O-])cc1. The van der Waals surface area contributed by atoms with Crippen LogP contribution in [0.5, 0.6) is 5.75 Å². The molecule has 2 rings (SSSR count). The Morgan fingerprint density at radius 2 is 1.45 bits per heavy atom. The molecule has 9 heteroatoms. The first kappa shape index (κ1) is 25.5. The van der Waals surface area contributed by atoms with Crippen molar-refractivity contribution in [3.05, 3.63) is 69.8 Å². The first-order chi connectivity index (χ1) is 15.8. The predicted octanol–water partition coefficient (Wildman–Crippen LogP) is 3.78. The second-order valence-corrected chi connectivity index (χ2v) is 7.23. The number of ether oxygens (including phenoxy) is 3. The van der Waals surface area contributed by atoms with Gasteiger partial charge in [-0.2, -0.15) is 0 Å². The number of nitro benzene ring substituents is 1. The summed E-state index contributed by atoms with van der Waals surface area (Å²) >= 11 is 0. The monoisotopic (exact) mass is 457 g/mol. The van der Waals surface area contributed by atoms with E-state index in [1.165, 1.54) is 31.4 Å². The van der Waals surface area contributed by atoms with E-state index in [1.54, 1.807) is 38.1 Å². The molecule has 0 heterocycles. The smallest absolute Gasteiger partial charge is 0.320 e. The molecule has 9 nitrogen and oxygen atoms in total. The van der Waals surface area contributed by atoms with Crippen molar-refractivity contribution >= 4 is 23.4 Å². The average molecular weight is 457 g/mol. The maximum atomic E-state index is 13.0. The molecule has 1 atom stereocenters. The van der Waals surface area contributed by atoms with Gasteiger partial charge in [0.2, 0.25) is 0 Å². The molecule has 0 aliphatic rings. The van der Waals surface area contributed by atoms with E-state index < -0.39 is 28.7 Å². The minimum absolute atomic E-state index is 0.0609. The summed E-state index contributed by atoms with van der Waals surface area (Å²) < 4.78 is 15.3. The number of nitro groups is 1. The summed E-state index contributed by atoms with van der Waals surface area (Å²) in [5.74, 6) is -3.33. The Balaban J connectivity index is 2.38. The van der Waals surface area contributed by atoms with Gasteiger partial charge in [-0.3, -0.25) is 24.5 Å². The number of benzene rings is 2. The largest absolute Gasteiger partial charge is 0.497 e. The Kier molecular flexibility index (Phi) is 9.53. The molecule has 2 aromatic carbocycles. The molecule has 0 aliphatic heterocycles. The Morgan fingerprint density at radius 3 is 1.91 bits per heavy atom. The number of rotatable bonds is 12. The van der Waals surface area contributed by atoms with Crippen molar-refractivity contribution in [1.29, 1.82) is 0 Å². The maximum Gasteiger partial charge on any atom is 0.320 e. The second kappa shape index (κ2) is 12.3. The first-order valence-electron chi connectivity index (χ1n) is 10.5. The van der Waals surface area contributed by atoms with E-state index in [1.807, 2.05) is 0 Å². The molecule has 0 aromatic heterocycles. The number of carbonyl (C=O) groups excluding carboxylic acids is 3. The fourth-order valence-electron chi connectivity index (χ4n) is 3.44. The van der Waals surface area contributed by atoms with Crippen molar-refractivity contribution in [1.82, 2.24) is 0 Å². The summed E-state index contributed by atoms with van der Waals surface area (Å²) in [5.41, 5.74) is 0.944. The molecule has 0 aliphatic carbocycles. The van der Waals surface area contributed by atoms with Crippen molar-refractivity contribution in [2.45, 2.75) is 26.7 Å². The number of hydrogen-bond donors (Lipinski definition) is 0. The molecular weight excluding hydrogens is 430 g/mol. The van der Waals surface area contributed by atoms with Crippen LogP contribution in [0.15, 0.2) is 48.5 Å². The zero-order valence-electron chi connectivity index (χ0n) is 18.8. The van der Waals surface area contributed by atoms with Crippen LogP contribution in [0.1, 0.15) is 36.2 Å². The lowest BCUT2D eigenvalue weighted by Gasteiger charge is -2.24. The molecule has 176 valence electrons. The fourth-order valence-corrected chi connectivity index (χ4v) is 3.44. The molecular formula is C24H27NO8. The minimum Gasteiger partial charge on any atom is -0.497 e. The van der Waals surface area contributed by atoms with Gasteiger partial charge >= 0.3 is 11.9 Å². The van der Waals surface area contributed by atoms with Gasteiger partial charge in [-0.1, -0.05) is 12.1 Å². The highest BCUT2D eigenvalue weighted by molar-refractivity contribution is 5.99. The van der Waals surface area contributed by atoms with Crippen molar-refractivity contribution < 1.29 is 33.5 Å². The quantitative estimate of drug-likeness (QED) is 0.155. The van der Waals surface area contributed by atoms with Crippen LogP contribution in [0.25, 0.3) is 0 Å². The number of non-ortho nitro benzene ring substituents is 1. The third-order valence-electron chi connectivity index (χ3n) is 5.06. The van der Waals surface area contributed by atoms with E-state index in [0.29, 0.717) is 16.9 Å². The van der Waals surface area contributed by atoms with Gasteiger partial charge < -0.3 is 14.2 Å². The van der Waals surface area contributed by atoms with Gasteiger partial charge in [-0.15, -0.1) is 0 Å². The van der Waals surface area contributed by atoms with Gasteiger partial charge in [0, 0.05) is 24.1 Å². The number of esters is 2. The third kappa shape index (κ3) is 7.13. The van der Waals surface area contributed by atoms with Crippen LogP contribution in [0.4, 0.5) is 5.69 Å². The predicted molar refractivity (Wildman–Crippen MR) is 119 cm³/mol. The summed E-state index contributed by atoms with van der Waals surface area (Å²) in [6.45, 7) is 3.36. The van der Waals surface area contributed by atoms with Gasteiger partial charge in [-0.05, 0) is 56.0 Å². The number of methoxy groups -OCH3 is 1. The number of ketones is 1. The lowest BCUT2D eigenvalue weighted by atomic mass is 9.82. The Bertz CT molecular complexity index is 951. The van der Waals surface area contributed by atoms with E-state index in [2.05, 4.69) is 0 Å². The number of nitrogens with zero attached hydrogens (tertiary/aromatic N) is 1. The molecule has 0 saturated heterocycles. The Labute approximate surface area is 191 Å². The van der Waals surface area contributed by atoms with Crippen molar-refractivity contribution in [2.24, 2.45) is 11.8 Å². The molecule has 0 radical (unpaired) electrons. The molecule has 0 fully saturated rings. The van der Waals surface area contributed by atoms with Crippen LogP contribution in [0, 0.1) is 22.0 Å². The normalized spacial score (nSPS) is 11.5. The lowest BCUT2D eigenvalue weighted by molar-refractivity contribution is -0.384. The highest BCUT2D eigenvalue weighted by Crippen LogP contribution is 2.27. The molecule has 0 N–H and O–H groups in total. The number of Topliss-reactive ketones (excluding diaryl/α,β-unsaturated/α-hetero) is 1. The molecule has 2 aromatic rings. The highest BCUT2D eigenvalue weighted by atomic mass is 16.6. The van der Waals surface area contributed by atoms with Crippen LogP contribution in [0.3, 0.4) is 0 Å². The molecule has 0 bridgehead atoms. The number of hydrogen-bond acceptors (Lipinski definition) is 8. The molecule has 0 spiro atoms. The van der Waals surface area contributed by atoms with Crippen LogP contribution in [0.2, 0.25) is 0 Å². The van der Waals surface area contributed by atoms with E-state index >= 15 is 0 Å². The van der Waals surface area contributed by atoms with E-state index in [4.69, 9.17) is 14.2 Å². The number of carbonyl (C=O) groups is 3. The zero-order valence-corrected chi connectivity index (χ0v) is 18.8. The van der Waals surface area contributed by atoms with Crippen LogP contribution in [-0.4, -0.2) is 43.0 Å². The third-order valence-corrected chi connectivity index (χ3v) is 5.06. The van der Waals surface area contributed by atoms with Crippen LogP contribution < -0.4 is 4.74 Å². The van der Waals surface area contributed by atoms with Gasteiger partial charge in [-0.25, -0.2) is 0 Å². The van der Waals surface area contributed by atoms with Gasteiger partial charge in [0.15, 0.2) is 11.7 Å². The van der Waals surface area contributed by atoms with E-state index in [-0.39, 0.29) is 37.5 Å². The van der Waals surface area contributed by atoms with Gasteiger partial charge in [0.05, 0.1) is 25.2 Å².